The van der Waals surface area contributed by atoms with Crippen LogP contribution in [0.25, 0.3) is 0 Å². The molecule has 0 aromatic heterocycles. The first-order valence-corrected chi connectivity index (χ1v) is 5.32. The Morgan fingerprint density at radius 1 is 1.29 bits per heavy atom. The van der Waals surface area contributed by atoms with E-state index >= 15 is 0 Å². The molecule has 0 aliphatic carbocycles. The minimum Gasteiger partial charge on any atom is -0.497 e. The highest BCUT2D eigenvalue weighted by Crippen LogP contribution is 2.31. The van der Waals surface area contributed by atoms with Crippen molar-refractivity contribution in [3.63, 3.8) is 0 Å². The highest BCUT2D eigenvalue weighted by molar-refractivity contribution is 5.97. The zero-order chi connectivity index (χ0) is 12.8. The first-order valence-electron chi connectivity index (χ1n) is 5.32. The van der Waals surface area contributed by atoms with Crippen LogP contribution in [0.4, 0.5) is 5.69 Å². The largest absolute Gasteiger partial charge is 0.497 e. The summed E-state index contributed by atoms with van der Waals surface area (Å²) in [6.45, 7) is 2.28. The summed E-state index contributed by atoms with van der Waals surface area (Å²) in [7, 11) is 2.98. The highest BCUT2D eigenvalue weighted by atomic mass is 16.5. The predicted octanol–water partition coefficient (Wildman–Crippen LogP) is 1.85. The molecule has 0 atom stereocenters. The van der Waals surface area contributed by atoms with Crippen LogP contribution in [0.15, 0.2) is 12.1 Å². The van der Waals surface area contributed by atoms with Crippen molar-refractivity contribution in [3.8, 4) is 11.5 Å². The van der Waals surface area contributed by atoms with E-state index in [-0.39, 0.29) is 11.3 Å². The van der Waals surface area contributed by atoms with Crippen molar-refractivity contribution in [2.45, 2.75) is 13.3 Å². The van der Waals surface area contributed by atoms with Gasteiger partial charge < -0.3 is 19.9 Å². The van der Waals surface area contributed by atoms with Crippen LogP contribution in [-0.2, 0) is 4.74 Å². The lowest BCUT2D eigenvalue weighted by atomic mass is 10.1. The molecule has 0 unspecified atom stereocenters. The molecular weight excluding hydrogens is 222 g/mol. The van der Waals surface area contributed by atoms with E-state index in [1.54, 1.807) is 6.07 Å². The third-order valence-electron chi connectivity index (χ3n) is 2.23. The van der Waals surface area contributed by atoms with Gasteiger partial charge in [-0.05, 0) is 12.5 Å². The minimum absolute atomic E-state index is 0.259. The van der Waals surface area contributed by atoms with E-state index in [0.29, 0.717) is 18.1 Å². The summed E-state index contributed by atoms with van der Waals surface area (Å²) < 4.78 is 15.2. The van der Waals surface area contributed by atoms with E-state index in [0.717, 1.165) is 6.42 Å². The monoisotopic (exact) mass is 239 g/mol. The number of anilines is 1. The second-order valence-corrected chi connectivity index (χ2v) is 3.43. The molecule has 0 spiro atoms. The Bertz CT molecular complexity index is 404. The van der Waals surface area contributed by atoms with Crippen molar-refractivity contribution in [2.24, 2.45) is 0 Å². The molecule has 2 N–H and O–H groups in total. The first-order chi connectivity index (χ1) is 8.13. The van der Waals surface area contributed by atoms with Gasteiger partial charge >= 0.3 is 5.97 Å². The third kappa shape index (κ3) is 3.03. The average Bonchev–Trinajstić information content (AvgIpc) is 2.36. The minimum atomic E-state index is -0.471. The van der Waals surface area contributed by atoms with Crippen molar-refractivity contribution >= 4 is 11.7 Å². The molecule has 1 rings (SSSR count). The standard InChI is InChI=1S/C12H17NO4/c1-4-5-17-12(14)9-6-8(15-2)7-10(16-3)11(9)13/h6-7H,4-5,13H2,1-3H3. The molecule has 0 amide bonds. The van der Waals surface area contributed by atoms with Crippen molar-refractivity contribution in [1.82, 2.24) is 0 Å². The summed E-state index contributed by atoms with van der Waals surface area (Å²) in [5, 5.41) is 0. The zero-order valence-corrected chi connectivity index (χ0v) is 10.3. The highest BCUT2D eigenvalue weighted by Gasteiger charge is 2.16. The van der Waals surface area contributed by atoms with Crippen LogP contribution in [0.5, 0.6) is 11.5 Å². The molecule has 0 aliphatic rings. The molecule has 1 aromatic carbocycles. The van der Waals surface area contributed by atoms with Crippen molar-refractivity contribution < 1.29 is 19.0 Å². The molecule has 0 bridgehead atoms. The fourth-order valence-corrected chi connectivity index (χ4v) is 1.33. The summed E-state index contributed by atoms with van der Waals surface area (Å²) >= 11 is 0. The van der Waals surface area contributed by atoms with E-state index in [2.05, 4.69) is 0 Å². The van der Waals surface area contributed by atoms with E-state index < -0.39 is 5.97 Å². The number of esters is 1. The van der Waals surface area contributed by atoms with Gasteiger partial charge in [-0.2, -0.15) is 0 Å². The maximum atomic E-state index is 11.7. The summed E-state index contributed by atoms with van der Waals surface area (Å²) in [5.41, 5.74) is 6.33. The van der Waals surface area contributed by atoms with Gasteiger partial charge in [-0.1, -0.05) is 6.92 Å². The number of benzene rings is 1. The van der Waals surface area contributed by atoms with Gasteiger partial charge in [0.2, 0.25) is 0 Å². The van der Waals surface area contributed by atoms with Crippen LogP contribution >= 0.6 is 0 Å². The molecule has 0 saturated heterocycles. The molecule has 5 heteroatoms. The summed E-state index contributed by atoms with van der Waals surface area (Å²) in [4.78, 5) is 11.7. The Balaban J connectivity index is 3.08. The predicted molar refractivity (Wildman–Crippen MR) is 64.5 cm³/mol. The molecular formula is C12H17NO4. The quantitative estimate of drug-likeness (QED) is 0.627. The Morgan fingerprint density at radius 3 is 2.53 bits per heavy atom. The number of hydrogen-bond acceptors (Lipinski definition) is 5. The van der Waals surface area contributed by atoms with Crippen LogP contribution < -0.4 is 15.2 Å². The van der Waals surface area contributed by atoms with E-state index in [1.807, 2.05) is 6.92 Å². The van der Waals surface area contributed by atoms with Gasteiger partial charge in [0.25, 0.3) is 0 Å². The molecule has 5 nitrogen and oxygen atoms in total. The molecule has 94 valence electrons. The number of ether oxygens (including phenoxy) is 3. The van der Waals surface area contributed by atoms with E-state index in [1.165, 1.54) is 20.3 Å². The lowest BCUT2D eigenvalue weighted by Crippen LogP contribution is -2.10. The van der Waals surface area contributed by atoms with E-state index in [9.17, 15) is 4.79 Å². The molecule has 1 aromatic rings. The van der Waals surface area contributed by atoms with Crippen molar-refractivity contribution in [2.75, 3.05) is 26.6 Å². The van der Waals surface area contributed by atoms with Crippen LogP contribution in [-0.4, -0.2) is 26.8 Å². The molecule has 0 radical (unpaired) electrons. The van der Waals surface area contributed by atoms with Gasteiger partial charge in [0.05, 0.1) is 32.1 Å². The SMILES string of the molecule is CCCOC(=O)c1cc(OC)cc(OC)c1N. The molecule has 17 heavy (non-hydrogen) atoms. The number of carbonyl (C=O) groups is 1. The number of rotatable bonds is 5. The van der Waals surface area contributed by atoms with Crippen LogP contribution in [0.2, 0.25) is 0 Å². The molecule has 0 heterocycles. The molecule has 0 saturated carbocycles. The Hall–Kier alpha value is -1.91. The lowest BCUT2D eigenvalue weighted by molar-refractivity contribution is 0.0505. The summed E-state index contributed by atoms with van der Waals surface area (Å²) in [6.07, 6.45) is 0.757. The lowest BCUT2D eigenvalue weighted by Gasteiger charge is -2.12. The number of nitrogens with two attached hydrogens (primary N) is 1. The average molecular weight is 239 g/mol. The van der Waals surface area contributed by atoms with Crippen molar-refractivity contribution in [1.29, 1.82) is 0 Å². The number of carbonyl (C=O) groups excluding carboxylic acids is 1. The Morgan fingerprint density at radius 2 is 2.00 bits per heavy atom. The second kappa shape index (κ2) is 5.98. The summed E-state index contributed by atoms with van der Waals surface area (Å²) in [5.74, 6) is 0.425. The fraction of sp³-hybridized carbons (Fsp3) is 0.417. The van der Waals surface area contributed by atoms with Crippen LogP contribution in [0.1, 0.15) is 23.7 Å². The van der Waals surface area contributed by atoms with Crippen LogP contribution in [0.3, 0.4) is 0 Å². The molecule has 0 fully saturated rings. The first kappa shape index (κ1) is 13.2. The normalized spacial score (nSPS) is 9.82. The summed E-state index contributed by atoms with van der Waals surface area (Å²) in [6, 6.07) is 3.15. The maximum Gasteiger partial charge on any atom is 0.340 e. The van der Waals surface area contributed by atoms with Gasteiger partial charge in [-0.25, -0.2) is 4.79 Å². The molecule has 0 aliphatic heterocycles. The Kier molecular flexibility index (Phi) is 4.63. The second-order valence-electron chi connectivity index (χ2n) is 3.43. The van der Waals surface area contributed by atoms with E-state index in [4.69, 9.17) is 19.9 Å². The van der Waals surface area contributed by atoms with Gasteiger partial charge in [-0.15, -0.1) is 0 Å². The zero-order valence-electron chi connectivity index (χ0n) is 10.3. The topological polar surface area (TPSA) is 70.8 Å². The van der Waals surface area contributed by atoms with Gasteiger partial charge in [0.1, 0.15) is 11.5 Å². The van der Waals surface area contributed by atoms with Gasteiger partial charge in [0, 0.05) is 6.07 Å². The van der Waals surface area contributed by atoms with Crippen LogP contribution in [0, 0.1) is 0 Å². The van der Waals surface area contributed by atoms with Crippen molar-refractivity contribution in [3.05, 3.63) is 17.7 Å². The smallest absolute Gasteiger partial charge is 0.340 e. The number of methoxy groups -OCH3 is 2. The maximum absolute atomic E-state index is 11.7. The van der Waals surface area contributed by atoms with Gasteiger partial charge in [-0.3, -0.25) is 0 Å². The third-order valence-corrected chi connectivity index (χ3v) is 2.23. The number of nitrogen functional groups attached to an aromatic ring is 1. The fourth-order valence-electron chi connectivity index (χ4n) is 1.33. The Labute approximate surface area is 100 Å². The van der Waals surface area contributed by atoms with Gasteiger partial charge in [0.15, 0.2) is 0 Å². The number of hydrogen-bond donors (Lipinski definition) is 1.